The van der Waals surface area contributed by atoms with E-state index in [2.05, 4.69) is 10.2 Å². The van der Waals surface area contributed by atoms with Gasteiger partial charge in [-0.05, 0) is 23.8 Å². The Morgan fingerprint density at radius 3 is 2.33 bits per heavy atom. The molecule has 1 aliphatic heterocycles. The van der Waals surface area contributed by atoms with Gasteiger partial charge < -0.3 is 10.2 Å². The Hall–Kier alpha value is -2.69. The lowest BCUT2D eigenvalue weighted by Crippen LogP contribution is -1.99. The molecule has 2 unspecified atom stereocenters. The highest BCUT2D eigenvalue weighted by molar-refractivity contribution is 5.87. The van der Waals surface area contributed by atoms with Crippen LogP contribution in [0.25, 0.3) is 0 Å². The maximum absolute atomic E-state index is 10.8. The van der Waals surface area contributed by atoms with Crippen LogP contribution < -0.4 is 0 Å². The van der Waals surface area contributed by atoms with Gasteiger partial charge in [0.2, 0.25) is 0 Å². The Labute approximate surface area is 121 Å². The molecule has 2 atom stereocenters. The molecule has 1 heterocycles. The highest BCUT2D eigenvalue weighted by Gasteiger charge is 2.26. The maximum Gasteiger partial charge on any atom is 0.335 e. The summed E-state index contributed by atoms with van der Waals surface area (Å²) in [4.78, 5) is 10.8. The average molecular weight is 282 g/mol. The van der Waals surface area contributed by atoms with Crippen LogP contribution in [0.1, 0.15) is 40.0 Å². The van der Waals surface area contributed by atoms with Crippen molar-refractivity contribution in [2.75, 3.05) is 0 Å². The molecule has 2 N–H and O–H groups in total. The van der Waals surface area contributed by atoms with Crippen LogP contribution in [0.15, 0.2) is 58.8 Å². The number of carboxylic acid groups (broad SMARTS) is 1. The van der Waals surface area contributed by atoms with Crippen LogP contribution in [-0.2, 0) is 0 Å². The zero-order chi connectivity index (χ0) is 14.8. The van der Waals surface area contributed by atoms with E-state index in [1.807, 2.05) is 12.1 Å². The fourth-order valence-electron chi connectivity index (χ4n) is 2.48. The van der Waals surface area contributed by atoms with Gasteiger partial charge >= 0.3 is 5.97 Å². The van der Waals surface area contributed by atoms with Crippen molar-refractivity contribution < 1.29 is 15.0 Å². The number of carbonyl (C=O) groups is 1. The molecule has 1 aliphatic rings. The van der Waals surface area contributed by atoms with E-state index < -0.39 is 5.97 Å². The van der Waals surface area contributed by atoms with Gasteiger partial charge in [-0.2, -0.15) is 10.2 Å². The first-order valence-corrected chi connectivity index (χ1v) is 6.66. The van der Waals surface area contributed by atoms with Crippen LogP contribution in [0.2, 0.25) is 0 Å². The number of azo groups is 1. The first-order valence-electron chi connectivity index (χ1n) is 6.66. The van der Waals surface area contributed by atoms with Crippen molar-refractivity contribution in [3.8, 4) is 5.75 Å². The average Bonchev–Trinajstić information content (AvgIpc) is 2.97. The fraction of sp³-hybridized carbons (Fsp3) is 0.188. The van der Waals surface area contributed by atoms with Gasteiger partial charge in [0.1, 0.15) is 11.8 Å². The molecule has 0 aliphatic carbocycles. The van der Waals surface area contributed by atoms with E-state index in [1.165, 1.54) is 0 Å². The van der Waals surface area contributed by atoms with Gasteiger partial charge in [0.15, 0.2) is 0 Å². The molecule has 0 bridgehead atoms. The molecule has 2 aromatic rings. The summed E-state index contributed by atoms with van der Waals surface area (Å²) in [6.07, 6.45) is 0.671. The van der Waals surface area contributed by atoms with E-state index in [4.69, 9.17) is 5.11 Å². The number of carboxylic acids is 1. The normalized spacial score (nSPS) is 20.6. The number of rotatable bonds is 3. The molecular formula is C16H14N2O3. The molecule has 0 spiro atoms. The highest BCUT2D eigenvalue weighted by Crippen LogP contribution is 2.41. The standard InChI is InChI=1S/C16H14N2O3/c19-15-4-2-1-3-12(15)14-9-13(17-18-14)10-5-7-11(8-6-10)16(20)21/h1-8,13-14,19H,9H2,(H,20,21). The molecule has 106 valence electrons. The summed E-state index contributed by atoms with van der Waals surface area (Å²) in [5.74, 6) is -0.718. The lowest BCUT2D eigenvalue weighted by molar-refractivity contribution is 0.0697. The quantitative estimate of drug-likeness (QED) is 0.899. The van der Waals surface area contributed by atoms with Crippen LogP contribution in [0, 0.1) is 0 Å². The number of hydrogen-bond acceptors (Lipinski definition) is 4. The van der Waals surface area contributed by atoms with Gasteiger partial charge in [-0.25, -0.2) is 4.79 Å². The molecule has 5 nitrogen and oxygen atoms in total. The van der Waals surface area contributed by atoms with Crippen LogP contribution in [0.5, 0.6) is 5.75 Å². The number of phenolic OH excluding ortho intramolecular Hbond substituents is 1. The lowest BCUT2D eigenvalue weighted by Gasteiger charge is -2.10. The number of para-hydroxylation sites is 1. The minimum Gasteiger partial charge on any atom is -0.508 e. The molecule has 21 heavy (non-hydrogen) atoms. The van der Waals surface area contributed by atoms with E-state index >= 15 is 0 Å². The summed E-state index contributed by atoms with van der Waals surface area (Å²) in [7, 11) is 0. The molecule has 0 saturated carbocycles. The van der Waals surface area contributed by atoms with E-state index in [0.29, 0.717) is 6.42 Å². The second-order valence-electron chi connectivity index (χ2n) is 4.98. The third-order valence-electron chi connectivity index (χ3n) is 3.63. The van der Waals surface area contributed by atoms with Crippen molar-refractivity contribution in [1.29, 1.82) is 0 Å². The molecule has 0 amide bonds. The molecule has 0 aromatic heterocycles. The lowest BCUT2D eigenvalue weighted by atomic mass is 9.96. The van der Waals surface area contributed by atoms with Crippen molar-refractivity contribution in [2.24, 2.45) is 10.2 Å². The summed E-state index contributed by atoms with van der Waals surface area (Å²) in [5, 5.41) is 27.2. The summed E-state index contributed by atoms with van der Waals surface area (Å²) in [6, 6.07) is 13.5. The van der Waals surface area contributed by atoms with Gasteiger partial charge in [-0.15, -0.1) is 0 Å². The largest absolute Gasteiger partial charge is 0.508 e. The molecule has 0 fully saturated rings. The zero-order valence-corrected chi connectivity index (χ0v) is 11.2. The summed E-state index contributed by atoms with van der Waals surface area (Å²) in [6.45, 7) is 0. The van der Waals surface area contributed by atoms with E-state index in [9.17, 15) is 9.90 Å². The monoisotopic (exact) mass is 282 g/mol. The Balaban J connectivity index is 1.77. The number of aromatic hydroxyl groups is 1. The smallest absolute Gasteiger partial charge is 0.335 e. The van der Waals surface area contributed by atoms with Gasteiger partial charge in [-0.3, -0.25) is 0 Å². The predicted molar refractivity (Wildman–Crippen MR) is 76.5 cm³/mol. The van der Waals surface area contributed by atoms with E-state index in [-0.39, 0.29) is 23.4 Å². The third kappa shape index (κ3) is 2.63. The first kappa shape index (κ1) is 13.3. The van der Waals surface area contributed by atoms with Crippen molar-refractivity contribution in [2.45, 2.75) is 18.5 Å². The Kier molecular flexibility index (Phi) is 3.39. The molecule has 0 radical (unpaired) electrons. The van der Waals surface area contributed by atoms with Crippen LogP contribution >= 0.6 is 0 Å². The molecule has 5 heteroatoms. The topological polar surface area (TPSA) is 82.2 Å². The Morgan fingerprint density at radius 2 is 1.67 bits per heavy atom. The van der Waals surface area contributed by atoms with Crippen LogP contribution in [0.4, 0.5) is 0 Å². The van der Waals surface area contributed by atoms with E-state index in [0.717, 1.165) is 11.1 Å². The molecule has 2 aromatic carbocycles. The van der Waals surface area contributed by atoms with Gasteiger partial charge in [0.05, 0.1) is 11.6 Å². The van der Waals surface area contributed by atoms with Gasteiger partial charge in [0.25, 0.3) is 0 Å². The Bertz CT molecular complexity index is 695. The second kappa shape index (κ2) is 5.36. The van der Waals surface area contributed by atoms with Gasteiger partial charge in [-0.1, -0.05) is 30.3 Å². The minimum absolute atomic E-state index is 0.0996. The molecular weight excluding hydrogens is 268 g/mol. The summed E-state index contributed by atoms with van der Waals surface area (Å²) >= 11 is 0. The number of aromatic carboxylic acids is 1. The Morgan fingerprint density at radius 1 is 1.00 bits per heavy atom. The highest BCUT2D eigenvalue weighted by atomic mass is 16.4. The number of nitrogens with zero attached hydrogens (tertiary/aromatic N) is 2. The number of phenols is 1. The van der Waals surface area contributed by atoms with Crippen LogP contribution in [-0.4, -0.2) is 16.2 Å². The minimum atomic E-state index is -0.943. The zero-order valence-electron chi connectivity index (χ0n) is 11.2. The predicted octanol–water partition coefficient (Wildman–Crippen LogP) is 3.73. The SMILES string of the molecule is O=C(O)c1ccc(C2CC(c3ccccc3O)N=N2)cc1. The van der Waals surface area contributed by atoms with Crippen molar-refractivity contribution in [1.82, 2.24) is 0 Å². The molecule has 0 saturated heterocycles. The number of benzene rings is 2. The fourth-order valence-corrected chi connectivity index (χ4v) is 2.48. The van der Waals surface area contributed by atoms with Crippen LogP contribution in [0.3, 0.4) is 0 Å². The maximum atomic E-state index is 10.8. The van der Waals surface area contributed by atoms with Crippen molar-refractivity contribution >= 4 is 5.97 Å². The van der Waals surface area contributed by atoms with Crippen molar-refractivity contribution in [3.05, 3.63) is 65.2 Å². The van der Waals surface area contributed by atoms with E-state index in [1.54, 1.807) is 36.4 Å². The number of hydrogen-bond donors (Lipinski definition) is 2. The second-order valence-corrected chi connectivity index (χ2v) is 4.98. The first-order chi connectivity index (χ1) is 10.1. The third-order valence-corrected chi connectivity index (χ3v) is 3.63. The molecule has 3 rings (SSSR count). The summed E-state index contributed by atoms with van der Waals surface area (Å²) in [5.41, 5.74) is 1.96. The summed E-state index contributed by atoms with van der Waals surface area (Å²) < 4.78 is 0. The van der Waals surface area contributed by atoms with Crippen molar-refractivity contribution in [3.63, 3.8) is 0 Å². The van der Waals surface area contributed by atoms with Gasteiger partial charge in [0, 0.05) is 12.0 Å².